The van der Waals surface area contributed by atoms with E-state index in [0.29, 0.717) is 5.57 Å². The van der Waals surface area contributed by atoms with Crippen LogP contribution in [0.4, 0.5) is 4.39 Å². The third-order valence-corrected chi connectivity index (χ3v) is 3.10. The second-order valence-electron chi connectivity index (χ2n) is 3.63. The molecule has 0 spiro atoms. The summed E-state index contributed by atoms with van der Waals surface area (Å²) in [7, 11) is 0. The Morgan fingerprint density at radius 2 is 2.00 bits per heavy atom. The molecule has 3 heteroatoms. The molecule has 1 aliphatic rings. The number of nitriles is 1. The molecule has 1 aliphatic carbocycles. The lowest BCUT2D eigenvalue weighted by Crippen LogP contribution is -2.23. The maximum absolute atomic E-state index is 14.3. The van der Waals surface area contributed by atoms with E-state index in [1.165, 1.54) is 0 Å². The van der Waals surface area contributed by atoms with Crippen LogP contribution in [-0.2, 0) is 0 Å². The molecule has 0 saturated heterocycles. The van der Waals surface area contributed by atoms with E-state index in [0.717, 1.165) is 10.0 Å². The minimum absolute atomic E-state index is 0.0881. The van der Waals surface area contributed by atoms with Crippen molar-refractivity contribution in [2.75, 3.05) is 0 Å². The minimum Gasteiger partial charge on any atom is -0.222 e. The average molecular weight is 278 g/mol. The molecule has 0 N–H and O–H groups in total. The average Bonchev–Trinajstić information content (AvgIpc) is 2.33. The van der Waals surface area contributed by atoms with Crippen LogP contribution in [0, 0.1) is 11.3 Å². The Hall–Kier alpha value is -1.40. The summed E-state index contributed by atoms with van der Waals surface area (Å²) >= 11 is 3.32. The van der Waals surface area contributed by atoms with E-state index in [2.05, 4.69) is 15.9 Å². The third-order valence-electron chi connectivity index (χ3n) is 2.55. The van der Waals surface area contributed by atoms with Crippen molar-refractivity contribution in [2.24, 2.45) is 0 Å². The van der Waals surface area contributed by atoms with Gasteiger partial charge in [0.15, 0.2) is 0 Å². The van der Waals surface area contributed by atoms with E-state index in [1.54, 1.807) is 18.2 Å². The summed E-state index contributed by atoms with van der Waals surface area (Å²) in [6.45, 7) is 0. The molecule has 80 valence electrons. The summed E-state index contributed by atoms with van der Waals surface area (Å²) in [4.78, 5) is 0. The quantitative estimate of drug-likeness (QED) is 0.762. The Balaban J connectivity index is 2.52. The number of rotatable bonds is 1. The molecule has 0 aliphatic heterocycles. The zero-order chi connectivity index (χ0) is 11.6. The molecule has 1 aromatic carbocycles. The van der Waals surface area contributed by atoms with Gasteiger partial charge in [-0.25, -0.2) is 4.39 Å². The maximum Gasteiger partial charge on any atom is 0.225 e. The molecule has 0 bridgehead atoms. The normalized spacial score (nSPS) is 24.3. The monoisotopic (exact) mass is 277 g/mol. The molecule has 0 saturated carbocycles. The molecule has 2 rings (SSSR count). The van der Waals surface area contributed by atoms with Gasteiger partial charge in [-0.2, -0.15) is 5.26 Å². The van der Waals surface area contributed by atoms with Crippen LogP contribution in [0.5, 0.6) is 0 Å². The van der Waals surface area contributed by atoms with Crippen LogP contribution >= 0.6 is 15.9 Å². The highest BCUT2D eigenvalue weighted by Gasteiger charge is 2.36. The SMILES string of the molecule is N#CC1(F)CC=C(Br)C=C1c1ccccc1. The van der Waals surface area contributed by atoms with Gasteiger partial charge in [-0.05, 0) is 11.6 Å². The molecular formula is C13H9BrFN. The van der Waals surface area contributed by atoms with Gasteiger partial charge in [0.2, 0.25) is 5.67 Å². The smallest absolute Gasteiger partial charge is 0.222 e. The highest BCUT2D eigenvalue weighted by Crippen LogP contribution is 2.39. The number of hydrogen-bond donors (Lipinski definition) is 0. The van der Waals surface area contributed by atoms with Crippen LogP contribution in [0.2, 0.25) is 0 Å². The van der Waals surface area contributed by atoms with Gasteiger partial charge in [-0.3, -0.25) is 0 Å². The summed E-state index contributed by atoms with van der Waals surface area (Å²) < 4.78 is 15.1. The first-order valence-corrected chi connectivity index (χ1v) is 5.68. The molecular weight excluding hydrogens is 269 g/mol. The predicted molar refractivity (Wildman–Crippen MR) is 65.5 cm³/mol. The summed E-state index contributed by atoms with van der Waals surface area (Å²) in [6.07, 6.45) is 3.43. The predicted octanol–water partition coefficient (Wildman–Crippen LogP) is 3.98. The number of nitrogens with zero attached hydrogens (tertiary/aromatic N) is 1. The number of halogens is 2. The topological polar surface area (TPSA) is 23.8 Å². The van der Waals surface area contributed by atoms with Crippen molar-refractivity contribution in [1.82, 2.24) is 0 Å². The van der Waals surface area contributed by atoms with Crippen LogP contribution in [0.15, 0.2) is 47.0 Å². The first-order chi connectivity index (χ1) is 7.65. The van der Waals surface area contributed by atoms with Gasteiger partial charge >= 0.3 is 0 Å². The van der Waals surface area contributed by atoms with E-state index in [4.69, 9.17) is 5.26 Å². The van der Waals surface area contributed by atoms with Crippen molar-refractivity contribution in [3.63, 3.8) is 0 Å². The van der Waals surface area contributed by atoms with Crippen LogP contribution in [0.1, 0.15) is 12.0 Å². The number of allylic oxidation sites excluding steroid dienone is 4. The van der Waals surface area contributed by atoms with Crippen LogP contribution in [0.3, 0.4) is 0 Å². The van der Waals surface area contributed by atoms with Crippen LogP contribution < -0.4 is 0 Å². The minimum atomic E-state index is -1.92. The van der Waals surface area contributed by atoms with Crippen LogP contribution in [0.25, 0.3) is 5.57 Å². The molecule has 1 nitrogen and oxygen atoms in total. The standard InChI is InChI=1S/C13H9BrFN/c14-11-6-7-13(15,9-16)12(8-11)10-4-2-1-3-5-10/h1-6,8H,7H2. The van der Waals surface area contributed by atoms with Gasteiger partial charge < -0.3 is 0 Å². The maximum atomic E-state index is 14.3. The summed E-state index contributed by atoms with van der Waals surface area (Å²) in [6, 6.07) is 10.9. The van der Waals surface area contributed by atoms with E-state index in [-0.39, 0.29) is 6.42 Å². The van der Waals surface area contributed by atoms with Crippen LogP contribution in [-0.4, -0.2) is 5.67 Å². The second kappa shape index (κ2) is 4.23. The Labute approximate surface area is 102 Å². The lowest BCUT2D eigenvalue weighted by molar-refractivity contribution is 0.323. The molecule has 1 aromatic rings. The zero-order valence-corrected chi connectivity index (χ0v) is 10.0. The Morgan fingerprint density at radius 3 is 2.62 bits per heavy atom. The van der Waals surface area contributed by atoms with Crippen molar-refractivity contribution < 1.29 is 4.39 Å². The molecule has 0 aromatic heterocycles. The van der Waals surface area contributed by atoms with Gasteiger partial charge in [0, 0.05) is 16.5 Å². The fraction of sp³-hybridized carbons (Fsp3) is 0.154. The van der Waals surface area contributed by atoms with Gasteiger partial charge in [0.05, 0.1) is 0 Å². The molecule has 0 heterocycles. The fourth-order valence-electron chi connectivity index (χ4n) is 1.70. The lowest BCUT2D eigenvalue weighted by Gasteiger charge is -2.23. The number of hydrogen-bond acceptors (Lipinski definition) is 1. The largest absolute Gasteiger partial charge is 0.225 e. The van der Waals surface area contributed by atoms with Crippen molar-refractivity contribution in [1.29, 1.82) is 5.26 Å². The van der Waals surface area contributed by atoms with Gasteiger partial charge in [0.1, 0.15) is 6.07 Å². The number of alkyl halides is 1. The van der Waals surface area contributed by atoms with E-state index >= 15 is 0 Å². The highest BCUT2D eigenvalue weighted by atomic mass is 79.9. The Kier molecular flexibility index (Phi) is 2.93. The molecule has 0 radical (unpaired) electrons. The second-order valence-corrected chi connectivity index (χ2v) is 4.55. The molecule has 1 atom stereocenters. The highest BCUT2D eigenvalue weighted by molar-refractivity contribution is 9.11. The lowest BCUT2D eigenvalue weighted by atomic mass is 9.85. The first kappa shape index (κ1) is 11.1. The summed E-state index contributed by atoms with van der Waals surface area (Å²) in [5.41, 5.74) is -0.750. The third kappa shape index (κ3) is 1.94. The Bertz CT molecular complexity index is 498. The molecule has 0 fully saturated rings. The van der Waals surface area contributed by atoms with Crippen molar-refractivity contribution in [3.8, 4) is 6.07 Å². The van der Waals surface area contributed by atoms with Crippen molar-refractivity contribution >= 4 is 21.5 Å². The van der Waals surface area contributed by atoms with E-state index < -0.39 is 5.67 Å². The van der Waals surface area contributed by atoms with Gasteiger partial charge in [-0.15, -0.1) is 0 Å². The van der Waals surface area contributed by atoms with Gasteiger partial charge in [-0.1, -0.05) is 52.3 Å². The summed E-state index contributed by atoms with van der Waals surface area (Å²) in [5, 5.41) is 8.96. The summed E-state index contributed by atoms with van der Waals surface area (Å²) in [5.74, 6) is 0. The van der Waals surface area contributed by atoms with E-state index in [9.17, 15) is 4.39 Å². The van der Waals surface area contributed by atoms with Gasteiger partial charge in [0.25, 0.3) is 0 Å². The fourth-order valence-corrected chi connectivity index (χ4v) is 2.09. The molecule has 16 heavy (non-hydrogen) atoms. The van der Waals surface area contributed by atoms with Crippen molar-refractivity contribution in [2.45, 2.75) is 12.1 Å². The first-order valence-electron chi connectivity index (χ1n) is 4.89. The number of benzene rings is 1. The zero-order valence-electron chi connectivity index (χ0n) is 8.45. The van der Waals surface area contributed by atoms with E-state index in [1.807, 2.05) is 30.3 Å². The molecule has 0 amide bonds. The molecule has 1 unspecified atom stereocenters. The van der Waals surface area contributed by atoms with Crippen molar-refractivity contribution in [3.05, 3.63) is 52.5 Å². The Morgan fingerprint density at radius 1 is 1.31 bits per heavy atom.